The fourth-order valence-electron chi connectivity index (χ4n) is 2.37. The smallest absolute Gasteiger partial charge is 0.294 e. The predicted molar refractivity (Wildman–Crippen MR) is 76.9 cm³/mol. The normalized spacial score (nSPS) is 22.3. The molecule has 2 N–H and O–H groups in total. The van der Waals surface area contributed by atoms with Crippen molar-refractivity contribution in [2.75, 3.05) is 11.9 Å². The van der Waals surface area contributed by atoms with Crippen molar-refractivity contribution in [3.63, 3.8) is 0 Å². The van der Waals surface area contributed by atoms with Crippen molar-refractivity contribution in [1.82, 2.24) is 5.32 Å². The van der Waals surface area contributed by atoms with E-state index in [1.54, 1.807) is 0 Å². The molecular formula is C13H16ClN3O3. The molecule has 1 aromatic rings. The number of amides is 1. The number of carbonyl (C=O) groups is 1. The summed E-state index contributed by atoms with van der Waals surface area (Å²) in [5.41, 5.74) is -0.0294. The van der Waals surface area contributed by atoms with Crippen molar-refractivity contribution in [3.05, 3.63) is 33.3 Å². The Morgan fingerprint density at radius 1 is 1.55 bits per heavy atom. The van der Waals surface area contributed by atoms with Crippen LogP contribution in [0.15, 0.2) is 18.2 Å². The Balaban J connectivity index is 2.17. The van der Waals surface area contributed by atoms with E-state index < -0.39 is 4.92 Å². The van der Waals surface area contributed by atoms with Gasteiger partial charge in [0, 0.05) is 11.1 Å². The number of piperidine rings is 1. The van der Waals surface area contributed by atoms with Gasteiger partial charge in [0.25, 0.3) is 5.69 Å². The molecule has 0 radical (unpaired) electrons. The van der Waals surface area contributed by atoms with Gasteiger partial charge in [-0.05, 0) is 37.4 Å². The van der Waals surface area contributed by atoms with Crippen LogP contribution in [0, 0.1) is 16.0 Å². The Labute approximate surface area is 121 Å². The maximum atomic E-state index is 12.2. The predicted octanol–water partition coefficient (Wildman–Crippen LogP) is 2.57. The molecule has 7 heteroatoms. The lowest BCUT2D eigenvalue weighted by atomic mass is 9.92. The number of nitrogens with zero attached hydrogens (tertiary/aromatic N) is 1. The Kier molecular flexibility index (Phi) is 4.57. The van der Waals surface area contributed by atoms with Gasteiger partial charge in [0.15, 0.2) is 0 Å². The van der Waals surface area contributed by atoms with Crippen molar-refractivity contribution < 1.29 is 9.72 Å². The lowest BCUT2D eigenvalue weighted by molar-refractivity contribution is -0.383. The standard InChI is InChI=1S/C13H16ClN3O3/c1-8-3-2-6-15-12(8)13(18)16-10-5-4-9(14)7-11(10)17(19)20/h4-5,7-8,12,15H,2-3,6H2,1H3,(H,16,18). The topological polar surface area (TPSA) is 84.3 Å². The number of hydrogen-bond donors (Lipinski definition) is 2. The summed E-state index contributed by atoms with van der Waals surface area (Å²) >= 11 is 5.74. The molecular weight excluding hydrogens is 282 g/mol. The molecule has 1 amide bonds. The Hall–Kier alpha value is -1.66. The molecule has 0 bridgehead atoms. The van der Waals surface area contributed by atoms with E-state index in [1.807, 2.05) is 6.92 Å². The second kappa shape index (κ2) is 6.19. The molecule has 0 saturated carbocycles. The van der Waals surface area contributed by atoms with E-state index in [9.17, 15) is 14.9 Å². The highest BCUT2D eigenvalue weighted by Crippen LogP contribution is 2.28. The zero-order chi connectivity index (χ0) is 14.7. The number of nitrogens with one attached hydrogen (secondary N) is 2. The van der Waals surface area contributed by atoms with Crippen molar-refractivity contribution in [2.45, 2.75) is 25.8 Å². The second-order valence-corrected chi connectivity index (χ2v) is 5.40. The minimum atomic E-state index is -0.556. The number of carbonyl (C=O) groups excluding carboxylic acids is 1. The summed E-state index contributed by atoms with van der Waals surface area (Å²) in [4.78, 5) is 22.6. The molecule has 1 aliphatic rings. The lowest BCUT2D eigenvalue weighted by Crippen LogP contribution is -2.48. The van der Waals surface area contributed by atoms with Crippen LogP contribution in [0.1, 0.15) is 19.8 Å². The average Bonchev–Trinajstić information content (AvgIpc) is 2.41. The van der Waals surface area contributed by atoms with Gasteiger partial charge in [0.05, 0.1) is 11.0 Å². The highest BCUT2D eigenvalue weighted by atomic mass is 35.5. The van der Waals surface area contributed by atoms with E-state index in [-0.39, 0.29) is 34.3 Å². The molecule has 0 spiro atoms. The van der Waals surface area contributed by atoms with Gasteiger partial charge >= 0.3 is 0 Å². The molecule has 1 heterocycles. The van der Waals surface area contributed by atoms with E-state index in [4.69, 9.17) is 11.6 Å². The quantitative estimate of drug-likeness (QED) is 0.663. The SMILES string of the molecule is CC1CCCNC1C(=O)Nc1ccc(Cl)cc1[N+](=O)[O-]. The Bertz CT molecular complexity index is 536. The summed E-state index contributed by atoms with van der Waals surface area (Å²) in [5.74, 6) is -0.0438. The van der Waals surface area contributed by atoms with Gasteiger partial charge in [-0.15, -0.1) is 0 Å². The van der Waals surface area contributed by atoms with E-state index >= 15 is 0 Å². The largest absolute Gasteiger partial charge is 0.319 e. The van der Waals surface area contributed by atoms with Gasteiger partial charge in [-0.3, -0.25) is 14.9 Å². The molecule has 0 aromatic heterocycles. The number of anilines is 1. The molecule has 0 aliphatic carbocycles. The highest BCUT2D eigenvalue weighted by Gasteiger charge is 2.28. The monoisotopic (exact) mass is 297 g/mol. The van der Waals surface area contributed by atoms with Crippen LogP contribution in [0.25, 0.3) is 0 Å². The minimum Gasteiger partial charge on any atom is -0.319 e. The first-order valence-electron chi connectivity index (χ1n) is 6.47. The van der Waals surface area contributed by atoms with Gasteiger partial charge in [-0.2, -0.15) is 0 Å². The summed E-state index contributed by atoms with van der Waals surface area (Å²) < 4.78 is 0. The molecule has 1 aliphatic heterocycles. The first-order chi connectivity index (χ1) is 9.49. The van der Waals surface area contributed by atoms with Crippen molar-refractivity contribution in [3.8, 4) is 0 Å². The molecule has 2 rings (SSSR count). The molecule has 1 saturated heterocycles. The Morgan fingerprint density at radius 2 is 2.30 bits per heavy atom. The van der Waals surface area contributed by atoms with Gasteiger partial charge in [0.2, 0.25) is 5.91 Å². The van der Waals surface area contributed by atoms with Crippen LogP contribution in [-0.2, 0) is 4.79 Å². The maximum Gasteiger partial charge on any atom is 0.294 e. The van der Waals surface area contributed by atoms with E-state index in [2.05, 4.69) is 10.6 Å². The number of nitro groups is 1. The summed E-state index contributed by atoms with van der Waals surface area (Å²) in [6, 6.07) is 3.88. The number of rotatable bonds is 3. The molecule has 1 aromatic carbocycles. The third kappa shape index (κ3) is 3.26. The molecule has 2 atom stereocenters. The van der Waals surface area contributed by atoms with Gasteiger partial charge < -0.3 is 10.6 Å². The summed E-state index contributed by atoms with van der Waals surface area (Å²) in [5, 5.41) is 17.0. The number of hydrogen-bond acceptors (Lipinski definition) is 4. The number of halogens is 1. The number of nitro benzene ring substituents is 1. The fourth-order valence-corrected chi connectivity index (χ4v) is 2.54. The van der Waals surface area contributed by atoms with Crippen molar-refractivity contribution >= 4 is 28.9 Å². The fraction of sp³-hybridized carbons (Fsp3) is 0.462. The van der Waals surface area contributed by atoms with Crippen LogP contribution in [0.5, 0.6) is 0 Å². The van der Waals surface area contributed by atoms with Gasteiger partial charge in [-0.1, -0.05) is 18.5 Å². The van der Waals surface area contributed by atoms with Crippen molar-refractivity contribution in [2.24, 2.45) is 5.92 Å². The third-order valence-electron chi connectivity index (χ3n) is 3.47. The molecule has 20 heavy (non-hydrogen) atoms. The van der Waals surface area contributed by atoms with Crippen LogP contribution < -0.4 is 10.6 Å². The van der Waals surface area contributed by atoms with Crippen molar-refractivity contribution in [1.29, 1.82) is 0 Å². The number of benzene rings is 1. The lowest BCUT2D eigenvalue weighted by Gasteiger charge is -2.28. The molecule has 108 valence electrons. The summed E-state index contributed by atoms with van der Waals surface area (Å²) in [6.45, 7) is 2.78. The second-order valence-electron chi connectivity index (χ2n) is 4.96. The minimum absolute atomic E-state index is 0.170. The van der Waals surface area contributed by atoms with Gasteiger partial charge in [0.1, 0.15) is 5.69 Å². The zero-order valence-corrected chi connectivity index (χ0v) is 11.8. The van der Waals surface area contributed by atoms with Crippen LogP contribution >= 0.6 is 11.6 Å². The van der Waals surface area contributed by atoms with Crippen LogP contribution in [0.3, 0.4) is 0 Å². The van der Waals surface area contributed by atoms with Crippen LogP contribution in [0.4, 0.5) is 11.4 Å². The zero-order valence-electron chi connectivity index (χ0n) is 11.1. The third-order valence-corrected chi connectivity index (χ3v) is 3.70. The van der Waals surface area contributed by atoms with E-state index in [0.29, 0.717) is 0 Å². The molecule has 6 nitrogen and oxygen atoms in total. The average molecular weight is 298 g/mol. The first-order valence-corrected chi connectivity index (χ1v) is 6.85. The van der Waals surface area contributed by atoms with Crippen LogP contribution in [0.2, 0.25) is 5.02 Å². The summed E-state index contributed by atoms with van der Waals surface area (Å²) in [6.07, 6.45) is 2.00. The maximum absolute atomic E-state index is 12.2. The highest BCUT2D eigenvalue weighted by molar-refractivity contribution is 6.31. The van der Waals surface area contributed by atoms with E-state index in [0.717, 1.165) is 19.4 Å². The Morgan fingerprint density at radius 3 is 2.95 bits per heavy atom. The molecule has 1 fully saturated rings. The van der Waals surface area contributed by atoms with E-state index in [1.165, 1.54) is 18.2 Å². The first kappa shape index (κ1) is 14.7. The molecule has 2 unspecified atom stereocenters. The van der Waals surface area contributed by atoms with Gasteiger partial charge in [-0.25, -0.2) is 0 Å². The summed E-state index contributed by atoms with van der Waals surface area (Å²) in [7, 11) is 0. The van der Waals surface area contributed by atoms with Crippen LogP contribution in [-0.4, -0.2) is 23.4 Å².